The van der Waals surface area contributed by atoms with E-state index in [4.69, 9.17) is 14.2 Å². The van der Waals surface area contributed by atoms with Crippen molar-refractivity contribution in [3.63, 3.8) is 0 Å². The molecule has 1 unspecified atom stereocenters. The minimum atomic E-state index is -0.804. The Morgan fingerprint density at radius 1 is 0.267 bits per heavy atom. The van der Waals surface area contributed by atoms with E-state index in [0.29, 0.717) is 19.3 Å². The Bertz CT molecular complexity index is 1620. The van der Waals surface area contributed by atoms with Crippen LogP contribution in [-0.2, 0) is 28.6 Å². The maximum absolute atomic E-state index is 12.9. The molecule has 6 nitrogen and oxygen atoms in total. The lowest BCUT2D eigenvalue weighted by atomic mass is 10.0. The van der Waals surface area contributed by atoms with Crippen molar-refractivity contribution < 1.29 is 28.6 Å². The van der Waals surface area contributed by atoms with Crippen molar-refractivity contribution in [3.05, 3.63) is 134 Å². The van der Waals surface area contributed by atoms with Crippen LogP contribution in [0.25, 0.3) is 0 Å². The predicted octanol–water partition coefficient (Wildman–Crippen LogP) is 21.0. The van der Waals surface area contributed by atoms with E-state index in [1.807, 2.05) is 0 Å². The maximum Gasteiger partial charge on any atom is 0.306 e. The van der Waals surface area contributed by atoms with E-state index in [-0.39, 0.29) is 31.1 Å². The number of esters is 3. The first kappa shape index (κ1) is 70.5. The molecule has 0 rings (SSSR count). The average molecular weight is 1040 g/mol. The van der Waals surface area contributed by atoms with E-state index in [9.17, 15) is 14.4 Å². The SMILES string of the molecule is CC/C=C\C/C=C\C/C=C\C/C=C\CCCCCCCCCCCCCCC(=O)OCC(COC(=O)CCCCC/C=C\C/C=C\C/C=C\CC)OC(=O)CCCCCCCC/C=C\C/C=C\C/C=C\C/C=C\CC. The number of hydrogen-bond donors (Lipinski definition) is 0. The van der Waals surface area contributed by atoms with Crippen molar-refractivity contribution in [2.75, 3.05) is 13.2 Å². The topological polar surface area (TPSA) is 78.9 Å². The van der Waals surface area contributed by atoms with Gasteiger partial charge in [0.1, 0.15) is 13.2 Å². The summed E-state index contributed by atoms with van der Waals surface area (Å²) >= 11 is 0. The molecule has 0 aromatic rings. The molecule has 0 aromatic carbocycles. The monoisotopic (exact) mass is 1040 g/mol. The van der Waals surface area contributed by atoms with Crippen LogP contribution < -0.4 is 0 Å². The fourth-order valence-corrected chi connectivity index (χ4v) is 8.15. The standard InChI is InChI=1S/C69H112O6/c1-4-7-10-13-16-19-22-25-27-29-31-32-33-34-35-36-38-39-41-44-47-50-53-56-59-62-68(71)74-65-66(64-73-67(70)61-58-55-52-49-46-43-24-21-18-15-12-9-6-3)75-69(72)63-60-57-54-51-48-45-42-40-37-30-28-26-23-20-17-14-11-8-5-2/h7-12,16-21,25-28,31-32,37,40,43,46,66H,4-6,13-15,22-24,29-30,33-36,38-39,41-42,44-45,47-65H2,1-3H3/b10-7-,11-8-,12-9-,19-16-,20-17-,21-18-,27-25-,28-26-,32-31-,40-37-,46-43-. The molecule has 0 amide bonds. The van der Waals surface area contributed by atoms with Gasteiger partial charge in [0.2, 0.25) is 0 Å². The third kappa shape index (κ3) is 60.3. The van der Waals surface area contributed by atoms with Gasteiger partial charge >= 0.3 is 17.9 Å². The molecule has 0 radical (unpaired) electrons. The zero-order valence-electron chi connectivity index (χ0n) is 48.5. The van der Waals surface area contributed by atoms with Gasteiger partial charge in [0.05, 0.1) is 0 Å². The van der Waals surface area contributed by atoms with Gasteiger partial charge in [0, 0.05) is 19.3 Å². The number of carbonyl (C=O) groups excluding carboxylic acids is 3. The fraction of sp³-hybridized carbons (Fsp3) is 0.638. The van der Waals surface area contributed by atoms with Crippen molar-refractivity contribution in [2.24, 2.45) is 0 Å². The minimum absolute atomic E-state index is 0.0978. The Hall–Kier alpha value is -4.45. The lowest BCUT2D eigenvalue weighted by Crippen LogP contribution is -2.30. The van der Waals surface area contributed by atoms with E-state index in [0.717, 1.165) is 148 Å². The first-order valence-electron chi connectivity index (χ1n) is 30.7. The van der Waals surface area contributed by atoms with Gasteiger partial charge in [-0.1, -0.05) is 251 Å². The number of hydrogen-bond acceptors (Lipinski definition) is 6. The summed E-state index contributed by atoms with van der Waals surface area (Å²) in [7, 11) is 0. The Kier molecular flexibility index (Phi) is 58.4. The van der Waals surface area contributed by atoms with Gasteiger partial charge in [-0.2, -0.15) is 0 Å². The third-order valence-corrected chi connectivity index (χ3v) is 12.6. The van der Waals surface area contributed by atoms with Crippen molar-refractivity contribution >= 4 is 17.9 Å². The lowest BCUT2D eigenvalue weighted by Gasteiger charge is -2.18. The summed E-state index contributed by atoms with van der Waals surface area (Å²) in [5.41, 5.74) is 0. The smallest absolute Gasteiger partial charge is 0.306 e. The van der Waals surface area contributed by atoms with Gasteiger partial charge < -0.3 is 14.2 Å². The van der Waals surface area contributed by atoms with E-state index in [2.05, 4.69) is 154 Å². The second-order valence-corrected chi connectivity index (χ2v) is 19.8. The summed E-state index contributed by atoms with van der Waals surface area (Å²) in [5.74, 6) is -0.944. The molecule has 0 saturated carbocycles. The molecule has 0 aromatic heterocycles. The van der Waals surface area contributed by atoms with Crippen molar-refractivity contribution in [2.45, 2.75) is 271 Å². The van der Waals surface area contributed by atoms with Crippen molar-refractivity contribution in [3.8, 4) is 0 Å². The first-order valence-corrected chi connectivity index (χ1v) is 30.7. The molecular weight excluding hydrogens is 925 g/mol. The van der Waals surface area contributed by atoms with Gasteiger partial charge in [-0.3, -0.25) is 14.4 Å². The molecule has 424 valence electrons. The normalized spacial score (nSPS) is 13.1. The van der Waals surface area contributed by atoms with Crippen LogP contribution in [0.2, 0.25) is 0 Å². The largest absolute Gasteiger partial charge is 0.462 e. The Morgan fingerprint density at radius 3 is 0.760 bits per heavy atom. The van der Waals surface area contributed by atoms with Gasteiger partial charge in [0.25, 0.3) is 0 Å². The summed E-state index contributed by atoms with van der Waals surface area (Å²) in [6, 6.07) is 0. The zero-order chi connectivity index (χ0) is 54.3. The molecular formula is C69H112O6. The summed E-state index contributed by atoms with van der Waals surface area (Å²) in [6.07, 6.45) is 87.4. The highest BCUT2D eigenvalue weighted by Gasteiger charge is 2.19. The fourth-order valence-electron chi connectivity index (χ4n) is 8.15. The van der Waals surface area contributed by atoms with Crippen LogP contribution in [0.1, 0.15) is 265 Å². The summed E-state index contributed by atoms with van der Waals surface area (Å²) in [5, 5.41) is 0. The molecule has 6 heteroatoms. The molecule has 0 aliphatic heterocycles. The Balaban J connectivity index is 4.37. The average Bonchev–Trinajstić information content (AvgIpc) is 3.41. The molecule has 0 bridgehead atoms. The molecule has 0 aliphatic carbocycles. The molecule has 0 saturated heterocycles. The highest BCUT2D eigenvalue weighted by Crippen LogP contribution is 2.15. The second-order valence-electron chi connectivity index (χ2n) is 19.8. The predicted molar refractivity (Wildman–Crippen MR) is 325 cm³/mol. The van der Waals surface area contributed by atoms with Crippen molar-refractivity contribution in [1.82, 2.24) is 0 Å². The van der Waals surface area contributed by atoms with Gasteiger partial charge in [-0.05, 0) is 128 Å². The van der Waals surface area contributed by atoms with Crippen molar-refractivity contribution in [1.29, 1.82) is 0 Å². The van der Waals surface area contributed by atoms with Crippen LogP contribution in [0.4, 0.5) is 0 Å². The highest BCUT2D eigenvalue weighted by atomic mass is 16.6. The summed E-state index contributed by atoms with van der Waals surface area (Å²) in [4.78, 5) is 38.3. The number of ether oxygens (including phenoxy) is 3. The molecule has 0 aliphatic rings. The maximum atomic E-state index is 12.9. The summed E-state index contributed by atoms with van der Waals surface area (Å²) < 4.78 is 16.9. The molecule has 75 heavy (non-hydrogen) atoms. The van der Waals surface area contributed by atoms with Gasteiger partial charge in [0.15, 0.2) is 6.10 Å². The highest BCUT2D eigenvalue weighted by molar-refractivity contribution is 5.71. The zero-order valence-corrected chi connectivity index (χ0v) is 48.5. The second kappa shape index (κ2) is 62.1. The summed E-state index contributed by atoms with van der Waals surface area (Å²) in [6.45, 7) is 6.27. The minimum Gasteiger partial charge on any atom is -0.462 e. The van der Waals surface area contributed by atoms with Crippen LogP contribution >= 0.6 is 0 Å². The quantitative estimate of drug-likeness (QED) is 0.0261. The van der Waals surface area contributed by atoms with E-state index < -0.39 is 6.10 Å². The molecule has 0 fully saturated rings. The van der Waals surface area contributed by atoms with E-state index in [1.165, 1.54) is 77.0 Å². The van der Waals surface area contributed by atoms with Crippen LogP contribution in [0.3, 0.4) is 0 Å². The Morgan fingerprint density at radius 2 is 0.480 bits per heavy atom. The van der Waals surface area contributed by atoms with E-state index >= 15 is 0 Å². The number of rotatable bonds is 54. The van der Waals surface area contributed by atoms with Gasteiger partial charge in [-0.15, -0.1) is 0 Å². The number of carbonyl (C=O) groups is 3. The first-order chi connectivity index (χ1) is 37.0. The van der Waals surface area contributed by atoms with Crippen LogP contribution in [0, 0.1) is 0 Å². The molecule has 1 atom stereocenters. The van der Waals surface area contributed by atoms with E-state index in [1.54, 1.807) is 0 Å². The third-order valence-electron chi connectivity index (χ3n) is 12.6. The van der Waals surface area contributed by atoms with Gasteiger partial charge in [-0.25, -0.2) is 0 Å². The molecule has 0 spiro atoms. The van der Waals surface area contributed by atoms with Crippen LogP contribution in [0.5, 0.6) is 0 Å². The molecule has 0 heterocycles. The Labute approximate surface area is 462 Å². The molecule has 0 N–H and O–H groups in total. The lowest BCUT2D eigenvalue weighted by molar-refractivity contribution is -0.167. The van der Waals surface area contributed by atoms with Crippen LogP contribution in [0.15, 0.2) is 134 Å². The van der Waals surface area contributed by atoms with Crippen LogP contribution in [-0.4, -0.2) is 37.2 Å². The number of allylic oxidation sites excluding steroid dienone is 22. The number of unbranched alkanes of at least 4 members (excludes halogenated alkanes) is 21.